The summed E-state index contributed by atoms with van der Waals surface area (Å²) in [6, 6.07) is 0.334. The Morgan fingerprint density at radius 2 is 1.53 bits per heavy atom. The smallest absolute Gasteiger partial charge is 0.329 e. The summed E-state index contributed by atoms with van der Waals surface area (Å²) in [6.45, 7) is 10.7. The molecule has 6 nitrogen and oxygen atoms in total. The van der Waals surface area contributed by atoms with Crippen molar-refractivity contribution in [3.63, 3.8) is 0 Å². The molecule has 2 amide bonds. The molecule has 0 aliphatic carbocycles. The summed E-state index contributed by atoms with van der Waals surface area (Å²) in [4.78, 5) is 41.3. The number of carbonyl (C=O) groups excluding carboxylic acids is 3. The first-order valence-electron chi connectivity index (χ1n) is 6.50. The summed E-state index contributed by atoms with van der Waals surface area (Å²) >= 11 is 0. The van der Waals surface area contributed by atoms with E-state index in [1.807, 2.05) is 32.6 Å². The zero-order valence-corrected chi connectivity index (χ0v) is 12.6. The lowest BCUT2D eigenvalue weighted by atomic mass is 10.2. The molecule has 110 valence electrons. The average Bonchev–Trinajstić information content (AvgIpc) is 2.30. The van der Waals surface area contributed by atoms with Gasteiger partial charge in [0.1, 0.15) is 0 Å². The van der Waals surface area contributed by atoms with Gasteiger partial charge in [0.05, 0.1) is 6.54 Å². The molecule has 0 atom stereocenters. The molecule has 0 aromatic rings. The van der Waals surface area contributed by atoms with Crippen LogP contribution >= 0.6 is 0 Å². The Kier molecular flexibility index (Phi) is 7.29. The molecule has 0 aromatic carbocycles. The molecule has 0 fully saturated rings. The fourth-order valence-electron chi connectivity index (χ4n) is 1.68. The third-order valence-corrected chi connectivity index (χ3v) is 2.65. The van der Waals surface area contributed by atoms with Crippen molar-refractivity contribution in [1.29, 1.82) is 0 Å². The topological polar surface area (TPSA) is 66.9 Å². The number of nitrogens with zero attached hydrogens (tertiary/aromatic N) is 2. The minimum Gasteiger partial charge on any atom is -0.329 e. The Labute approximate surface area is 114 Å². The van der Waals surface area contributed by atoms with Gasteiger partial charge < -0.3 is 4.84 Å². The fourth-order valence-corrected chi connectivity index (χ4v) is 1.68. The highest BCUT2D eigenvalue weighted by molar-refractivity contribution is 5.94. The number of hydroxylamine groups is 2. The zero-order chi connectivity index (χ0) is 15.2. The standard InChI is InChI=1S/C13H24N2O4/c1-7-12(17)15(11(6)16)19-13(18)8-14(9(2)3)10(4)5/h9-10H,7-8H2,1-6H3. The van der Waals surface area contributed by atoms with Crippen molar-refractivity contribution in [2.45, 2.75) is 60.0 Å². The molecule has 6 heteroatoms. The fraction of sp³-hybridized carbons (Fsp3) is 0.769. The Morgan fingerprint density at radius 1 is 1.05 bits per heavy atom. The van der Waals surface area contributed by atoms with Crippen LogP contribution in [0.4, 0.5) is 0 Å². The molecule has 0 aliphatic heterocycles. The minimum absolute atomic E-state index is 0.0378. The van der Waals surface area contributed by atoms with Crippen LogP contribution in [0.3, 0.4) is 0 Å². The highest BCUT2D eigenvalue weighted by atomic mass is 16.7. The molecule has 0 N–H and O–H groups in total. The van der Waals surface area contributed by atoms with E-state index in [9.17, 15) is 14.4 Å². The average molecular weight is 272 g/mol. The van der Waals surface area contributed by atoms with E-state index in [4.69, 9.17) is 4.84 Å². The number of hydrogen-bond donors (Lipinski definition) is 0. The monoisotopic (exact) mass is 272 g/mol. The molecule has 0 aromatic heterocycles. The summed E-state index contributed by atoms with van der Waals surface area (Å²) in [5, 5.41) is 0.529. The van der Waals surface area contributed by atoms with Crippen LogP contribution in [-0.2, 0) is 19.2 Å². The lowest BCUT2D eigenvalue weighted by Gasteiger charge is -2.29. The highest BCUT2D eigenvalue weighted by Crippen LogP contribution is 2.06. The SMILES string of the molecule is CCC(=O)N(OC(=O)CN(C(C)C)C(C)C)C(C)=O. The summed E-state index contributed by atoms with van der Waals surface area (Å²) in [5.74, 6) is -1.73. The van der Waals surface area contributed by atoms with Gasteiger partial charge in [-0.3, -0.25) is 14.5 Å². The van der Waals surface area contributed by atoms with E-state index in [0.29, 0.717) is 5.06 Å². The van der Waals surface area contributed by atoms with E-state index < -0.39 is 17.8 Å². The van der Waals surface area contributed by atoms with Gasteiger partial charge in [-0.25, -0.2) is 4.79 Å². The van der Waals surface area contributed by atoms with Gasteiger partial charge in [0.25, 0.3) is 11.8 Å². The maximum Gasteiger partial charge on any atom is 0.347 e. The summed E-state index contributed by atoms with van der Waals surface area (Å²) < 4.78 is 0. The third-order valence-electron chi connectivity index (χ3n) is 2.65. The predicted molar refractivity (Wildman–Crippen MR) is 70.9 cm³/mol. The molecular weight excluding hydrogens is 248 g/mol. The van der Waals surface area contributed by atoms with Crippen molar-refractivity contribution in [2.24, 2.45) is 0 Å². The molecule has 0 aliphatic rings. The van der Waals surface area contributed by atoms with E-state index in [2.05, 4.69) is 0 Å². The van der Waals surface area contributed by atoms with Crippen LogP contribution in [0, 0.1) is 0 Å². The van der Waals surface area contributed by atoms with Crippen molar-refractivity contribution in [1.82, 2.24) is 9.96 Å². The van der Waals surface area contributed by atoms with Gasteiger partial charge in [0, 0.05) is 25.4 Å². The van der Waals surface area contributed by atoms with E-state index in [0.717, 1.165) is 0 Å². The van der Waals surface area contributed by atoms with Gasteiger partial charge in [0.15, 0.2) is 0 Å². The van der Waals surface area contributed by atoms with Crippen molar-refractivity contribution in [3.8, 4) is 0 Å². The van der Waals surface area contributed by atoms with Crippen molar-refractivity contribution >= 4 is 17.8 Å². The van der Waals surface area contributed by atoms with Crippen LogP contribution in [-0.4, -0.2) is 46.4 Å². The second-order valence-corrected chi connectivity index (χ2v) is 4.88. The number of hydrogen-bond acceptors (Lipinski definition) is 5. The lowest BCUT2D eigenvalue weighted by molar-refractivity contribution is -0.202. The normalized spacial score (nSPS) is 11.0. The van der Waals surface area contributed by atoms with Crippen LogP contribution in [0.15, 0.2) is 0 Å². The second-order valence-electron chi connectivity index (χ2n) is 4.88. The molecule has 0 bridgehead atoms. The quantitative estimate of drug-likeness (QED) is 0.707. The maximum absolute atomic E-state index is 11.8. The number of carbonyl (C=O) groups is 3. The van der Waals surface area contributed by atoms with Crippen LogP contribution in [0.25, 0.3) is 0 Å². The predicted octanol–water partition coefficient (Wildman–Crippen LogP) is 1.35. The molecule has 0 radical (unpaired) electrons. The van der Waals surface area contributed by atoms with Gasteiger partial charge in [0.2, 0.25) is 0 Å². The summed E-state index contributed by atoms with van der Waals surface area (Å²) in [7, 11) is 0. The summed E-state index contributed by atoms with van der Waals surface area (Å²) in [6.07, 6.45) is 0.102. The van der Waals surface area contributed by atoms with Gasteiger partial charge in [-0.1, -0.05) is 6.92 Å². The molecule has 0 unspecified atom stereocenters. The van der Waals surface area contributed by atoms with Gasteiger partial charge in [-0.2, -0.15) is 0 Å². The van der Waals surface area contributed by atoms with E-state index >= 15 is 0 Å². The van der Waals surface area contributed by atoms with Crippen molar-refractivity contribution in [2.75, 3.05) is 6.54 Å². The number of rotatable bonds is 5. The maximum atomic E-state index is 11.8. The Bertz CT molecular complexity index is 332. The Hall–Kier alpha value is -1.43. The lowest BCUT2D eigenvalue weighted by Crippen LogP contribution is -2.44. The van der Waals surface area contributed by atoms with Crippen molar-refractivity contribution < 1.29 is 19.2 Å². The first kappa shape index (κ1) is 17.6. The molecule has 0 spiro atoms. The van der Waals surface area contributed by atoms with Crippen molar-refractivity contribution in [3.05, 3.63) is 0 Å². The van der Waals surface area contributed by atoms with Crippen LogP contribution in [0.1, 0.15) is 48.0 Å². The summed E-state index contributed by atoms with van der Waals surface area (Å²) in [5.41, 5.74) is 0. The highest BCUT2D eigenvalue weighted by Gasteiger charge is 2.24. The molecule has 19 heavy (non-hydrogen) atoms. The largest absolute Gasteiger partial charge is 0.347 e. The van der Waals surface area contributed by atoms with Crippen LogP contribution in [0.2, 0.25) is 0 Å². The van der Waals surface area contributed by atoms with Crippen LogP contribution in [0.5, 0.6) is 0 Å². The zero-order valence-electron chi connectivity index (χ0n) is 12.6. The van der Waals surface area contributed by atoms with E-state index in [-0.39, 0.29) is 25.0 Å². The minimum atomic E-state index is -0.612. The van der Waals surface area contributed by atoms with E-state index in [1.165, 1.54) is 6.92 Å². The number of imide groups is 1. The molecule has 0 saturated heterocycles. The molecule has 0 rings (SSSR count). The van der Waals surface area contributed by atoms with E-state index in [1.54, 1.807) is 6.92 Å². The molecular formula is C13H24N2O4. The molecule has 0 saturated carbocycles. The second kappa shape index (κ2) is 7.89. The molecule has 0 heterocycles. The Balaban J connectivity index is 4.66. The first-order valence-corrected chi connectivity index (χ1v) is 6.50. The van der Waals surface area contributed by atoms with Crippen LogP contribution < -0.4 is 0 Å². The van der Waals surface area contributed by atoms with Gasteiger partial charge in [-0.15, -0.1) is 5.06 Å². The number of amides is 2. The van der Waals surface area contributed by atoms with Gasteiger partial charge in [-0.05, 0) is 27.7 Å². The third kappa shape index (κ3) is 5.83. The Morgan fingerprint density at radius 3 is 1.84 bits per heavy atom. The van der Waals surface area contributed by atoms with Gasteiger partial charge >= 0.3 is 5.97 Å². The first-order chi connectivity index (χ1) is 8.70.